The Morgan fingerprint density at radius 2 is 1.76 bits per heavy atom. The van der Waals surface area contributed by atoms with E-state index in [9.17, 15) is 18.0 Å². The van der Waals surface area contributed by atoms with E-state index in [1.165, 1.54) is 30.2 Å². The molecule has 8 nitrogen and oxygen atoms in total. The molecule has 0 spiro atoms. The second-order valence-electron chi connectivity index (χ2n) is 8.09. The molecule has 0 saturated carbocycles. The molecule has 0 saturated heterocycles. The summed E-state index contributed by atoms with van der Waals surface area (Å²) >= 11 is 6.19. The van der Waals surface area contributed by atoms with Crippen LogP contribution in [0.25, 0.3) is 0 Å². The summed E-state index contributed by atoms with van der Waals surface area (Å²) in [4.78, 5) is 27.7. The van der Waals surface area contributed by atoms with E-state index in [1.54, 1.807) is 6.92 Å². The molecule has 2 rings (SSSR count). The van der Waals surface area contributed by atoms with Gasteiger partial charge in [-0.3, -0.25) is 13.9 Å². The monoisotopic (exact) mass is 509 g/mol. The van der Waals surface area contributed by atoms with Crippen molar-refractivity contribution in [2.75, 3.05) is 24.2 Å². The average molecular weight is 510 g/mol. The maximum absolute atomic E-state index is 13.5. The Kier molecular flexibility index (Phi) is 9.76. The summed E-state index contributed by atoms with van der Waals surface area (Å²) < 4.78 is 31.3. The highest BCUT2D eigenvalue weighted by Gasteiger charge is 2.30. The number of carbonyl (C=O) groups excluding carboxylic acids is 2. The number of benzene rings is 2. The number of hydrogen-bond donors (Lipinski definition) is 1. The van der Waals surface area contributed by atoms with Crippen LogP contribution in [0.5, 0.6) is 5.75 Å². The number of amides is 2. The number of carbonyl (C=O) groups is 2. The Hall–Kier alpha value is -2.78. The number of nitrogens with one attached hydrogen (secondary N) is 1. The predicted molar refractivity (Wildman–Crippen MR) is 135 cm³/mol. The zero-order chi connectivity index (χ0) is 25.5. The van der Waals surface area contributed by atoms with Crippen molar-refractivity contribution >= 4 is 39.1 Å². The molecular formula is C24H32ClN3O5S. The number of nitrogens with zero attached hydrogens (tertiary/aromatic N) is 2. The van der Waals surface area contributed by atoms with E-state index in [1.807, 2.05) is 44.2 Å². The minimum absolute atomic E-state index is 0.0578. The van der Waals surface area contributed by atoms with Gasteiger partial charge in [0.15, 0.2) is 0 Å². The Balaban J connectivity index is 2.38. The number of sulfonamides is 1. The second-order valence-corrected chi connectivity index (χ2v) is 10.4. The molecule has 34 heavy (non-hydrogen) atoms. The molecule has 186 valence electrons. The highest BCUT2D eigenvalue weighted by atomic mass is 35.5. The third-order valence-electron chi connectivity index (χ3n) is 5.47. The molecule has 0 aliphatic carbocycles. The van der Waals surface area contributed by atoms with Gasteiger partial charge in [0.2, 0.25) is 21.8 Å². The molecule has 2 aromatic carbocycles. The van der Waals surface area contributed by atoms with Crippen molar-refractivity contribution < 1.29 is 22.7 Å². The molecule has 0 radical (unpaired) electrons. The Labute approximate surface area is 206 Å². The highest BCUT2D eigenvalue weighted by molar-refractivity contribution is 7.92. The van der Waals surface area contributed by atoms with Gasteiger partial charge >= 0.3 is 0 Å². The van der Waals surface area contributed by atoms with Crippen molar-refractivity contribution in [2.24, 2.45) is 0 Å². The van der Waals surface area contributed by atoms with Crippen molar-refractivity contribution in [3.05, 3.63) is 59.1 Å². The summed E-state index contributed by atoms with van der Waals surface area (Å²) in [6.07, 6.45) is 1.75. The van der Waals surface area contributed by atoms with E-state index in [0.29, 0.717) is 5.75 Å². The van der Waals surface area contributed by atoms with Crippen LogP contribution in [0.4, 0.5) is 5.69 Å². The van der Waals surface area contributed by atoms with Gasteiger partial charge in [0, 0.05) is 12.6 Å². The van der Waals surface area contributed by atoms with Gasteiger partial charge in [-0.2, -0.15) is 0 Å². The molecule has 2 amide bonds. The standard InChI is InChI=1S/C24H32ClN3O5S/c1-6-17(2)26-24(30)18(3)27(15-19-10-8-7-9-11-19)23(29)16-28(34(5,31)32)20-12-13-22(33-4)21(25)14-20/h7-14,17-18H,6,15-16H2,1-5H3,(H,26,30)/t17-,18+/m1/s1. The first kappa shape index (κ1) is 27.5. The third-order valence-corrected chi connectivity index (χ3v) is 6.90. The lowest BCUT2D eigenvalue weighted by atomic mass is 10.1. The summed E-state index contributed by atoms with van der Waals surface area (Å²) in [6.45, 7) is 5.12. The zero-order valence-corrected chi connectivity index (χ0v) is 21.7. The number of halogens is 1. The van der Waals surface area contributed by atoms with Gasteiger partial charge in [-0.25, -0.2) is 8.42 Å². The Morgan fingerprint density at radius 3 is 2.29 bits per heavy atom. The van der Waals surface area contributed by atoms with Gasteiger partial charge in [0.05, 0.1) is 24.1 Å². The summed E-state index contributed by atoms with van der Waals surface area (Å²) in [5, 5.41) is 3.10. The number of ether oxygens (including phenoxy) is 1. The maximum atomic E-state index is 13.5. The highest BCUT2D eigenvalue weighted by Crippen LogP contribution is 2.30. The predicted octanol–water partition coefficient (Wildman–Crippen LogP) is 3.45. The van der Waals surface area contributed by atoms with Crippen LogP contribution < -0.4 is 14.4 Å². The maximum Gasteiger partial charge on any atom is 0.244 e. The van der Waals surface area contributed by atoms with Gasteiger partial charge in [-0.15, -0.1) is 0 Å². The molecule has 0 aliphatic rings. The van der Waals surface area contributed by atoms with Gasteiger partial charge < -0.3 is 15.0 Å². The first-order chi connectivity index (χ1) is 16.0. The zero-order valence-electron chi connectivity index (χ0n) is 20.1. The number of hydrogen-bond acceptors (Lipinski definition) is 5. The summed E-state index contributed by atoms with van der Waals surface area (Å²) in [6, 6.07) is 12.8. The summed E-state index contributed by atoms with van der Waals surface area (Å²) in [7, 11) is -2.39. The minimum Gasteiger partial charge on any atom is -0.495 e. The molecular weight excluding hydrogens is 478 g/mol. The van der Waals surface area contributed by atoms with E-state index in [-0.39, 0.29) is 29.2 Å². The molecule has 0 aliphatic heterocycles. The minimum atomic E-state index is -3.84. The number of rotatable bonds is 11. The van der Waals surface area contributed by atoms with E-state index in [0.717, 1.165) is 22.5 Å². The van der Waals surface area contributed by atoms with E-state index in [4.69, 9.17) is 16.3 Å². The molecule has 2 atom stereocenters. The molecule has 2 aromatic rings. The fourth-order valence-corrected chi connectivity index (χ4v) is 4.35. The molecule has 0 unspecified atom stereocenters. The van der Waals surface area contributed by atoms with Crippen LogP contribution in [0.1, 0.15) is 32.8 Å². The van der Waals surface area contributed by atoms with Gasteiger partial charge in [0.25, 0.3) is 0 Å². The Bertz CT molecular complexity index is 1100. The van der Waals surface area contributed by atoms with Crippen LogP contribution in [-0.4, -0.2) is 57.1 Å². The van der Waals surface area contributed by atoms with Crippen LogP contribution in [0.2, 0.25) is 5.02 Å². The molecule has 0 aromatic heterocycles. The summed E-state index contributed by atoms with van der Waals surface area (Å²) in [5.74, 6) is -0.448. The second kappa shape index (κ2) is 12.1. The van der Waals surface area contributed by atoms with E-state index < -0.39 is 28.5 Å². The van der Waals surface area contributed by atoms with Crippen molar-refractivity contribution in [3.8, 4) is 5.75 Å². The van der Waals surface area contributed by atoms with Crippen LogP contribution in [0, 0.1) is 0 Å². The lowest BCUT2D eigenvalue weighted by Crippen LogP contribution is -2.52. The number of methoxy groups -OCH3 is 1. The number of anilines is 1. The molecule has 10 heteroatoms. The van der Waals surface area contributed by atoms with Gasteiger partial charge in [-0.05, 0) is 44.0 Å². The first-order valence-corrected chi connectivity index (χ1v) is 13.2. The SMILES string of the molecule is CC[C@@H](C)NC(=O)[C@H](C)N(Cc1ccccc1)C(=O)CN(c1ccc(OC)c(Cl)c1)S(C)(=O)=O. The third kappa shape index (κ3) is 7.36. The van der Waals surface area contributed by atoms with Gasteiger partial charge in [-0.1, -0.05) is 48.9 Å². The lowest BCUT2D eigenvalue weighted by molar-refractivity contribution is -0.139. The molecule has 1 N–H and O–H groups in total. The smallest absolute Gasteiger partial charge is 0.244 e. The lowest BCUT2D eigenvalue weighted by Gasteiger charge is -2.32. The molecule has 0 fully saturated rings. The van der Waals surface area contributed by atoms with Gasteiger partial charge in [0.1, 0.15) is 18.3 Å². The average Bonchev–Trinajstić information content (AvgIpc) is 2.80. The van der Waals surface area contributed by atoms with Crippen molar-refractivity contribution in [3.63, 3.8) is 0 Å². The Morgan fingerprint density at radius 1 is 1.12 bits per heavy atom. The quantitative estimate of drug-likeness (QED) is 0.500. The van der Waals surface area contributed by atoms with Crippen LogP contribution in [0.3, 0.4) is 0 Å². The fraction of sp³-hybridized carbons (Fsp3) is 0.417. The summed E-state index contributed by atoms with van der Waals surface area (Å²) in [5.41, 5.74) is 1.04. The van der Waals surface area contributed by atoms with Crippen LogP contribution in [-0.2, 0) is 26.2 Å². The largest absolute Gasteiger partial charge is 0.495 e. The van der Waals surface area contributed by atoms with E-state index >= 15 is 0 Å². The van der Waals surface area contributed by atoms with Crippen LogP contribution in [0.15, 0.2) is 48.5 Å². The van der Waals surface area contributed by atoms with Crippen molar-refractivity contribution in [1.82, 2.24) is 10.2 Å². The van der Waals surface area contributed by atoms with Crippen molar-refractivity contribution in [1.29, 1.82) is 0 Å². The van der Waals surface area contributed by atoms with Crippen LogP contribution >= 0.6 is 11.6 Å². The van der Waals surface area contributed by atoms with E-state index in [2.05, 4.69) is 5.32 Å². The fourth-order valence-electron chi connectivity index (χ4n) is 3.25. The first-order valence-electron chi connectivity index (χ1n) is 10.9. The topological polar surface area (TPSA) is 96.0 Å². The molecule has 0 bridgehead atoms. The van der Waals surface area contributed by atoms with Crippen molar-refractivity contribution in [2.45, 2.75) is 45.8 Å². The normalized spacial score (nSPS) is 13.0. The molecule has 0 heterocycles.